The van der Waals surface area contributed by atoms with Crippen molar-refractivity contribution in [2.75, 3.05) is 23.3 Å². The Kier molecular flexibility index (Phi) is 6.96. The van der Waals surface area contributed by atoms with E-state index in [1.54, 1.807) is 0 Å². The van der Waals surface area contributed by atoms with Gasteiger partial charge in [-0.3, -0.25) is 0 Å². The Morgan fingerprint density at radius 2 is 1.84 bits per heavy atom. The van der Waals surface area contributed by atoms with Crippen LogP contribution in [0, 0.1) is 18.8 Å². The quantitative estimate of drug-likeness (QED) is 0.467. The smallest absolute Gasteiger partial charge is 0.231 e. The largest absolute Gasteiger partial charge is 0.459 e. The first-order valence-corrected chi connectivity index (χ1v) is 11.6. The van der Waals surface area contributed by atoms with E-state index in [9.17, 15) is 0 Å². The molecule has 2 aromatic heterocycles. The highest BCUT2D eigenvalue weighted by molar-refractivity contribution is 7.80. The van der Waals surface area contributed by atoms with Crippen molar-refractivity contribution in [3.63, 3.8) is 0 Å². The average Bonchev–Trinajstić information content (AvgIpc) is 3.21. The summed E-state index contributed by atoms with van der Waals surface area (Å²) in [4.78, 5) is 11.6. The lowest BCUT2D eigenvalue weighted by Crippen LogP contribution is -2.39. The molecule has 0 aliphatic carbocycles. The lowest BCUT2D eigenvalue weighted by Gasteiger charge is -2.36. The molecular formula is C24H28ClN5OS. The fraction of sp³-hybridized carbons (Fsp3) is 0.375. The number of aromatic nitrogens is 2. The molecule has 4 rings (SSSR count). The van der Waals surface area contributed by atoms with E-state index in [4.69, 9.17) is 33.2 Å². The average molecular weight is 470 g/mol. The minimum absolute atomic E-state index is 0.450. The maximum Gasteiger partial charge on any atom is 0.231 e. The number of benzene rings is 1. The number of hydrogen-bond acceptors (Lipinski definition) is 5. The zero-order valence-electron chi connectivity index (χ0n) is 18.6. The molecule has 0 bridgehead atoms. The Bertz CT molecular complexity index is 1070. The minimum atomic E-state index is 0.450. The second-order valence-electron chi connectivity index (χ2n) is 8.62. The molecule has 0 unspecified atom stereocenters. The van der Waals surface area contributed by atoms with E-state index in [0.29, 0.717) is 34.5 Å². The number of rotatable bonds is 5. The van der Waals surface area contributed by atoms with Crippen LogP contribution in [-0.4, -0.2) is 28.2 Å². The Labute approximate surface area is 199 Å². The molecule has 0 spiro atoms. The predicted octanol–water partition coefficient (Wildman–Crippen LogP) is 5.67. The molecular weight excluding hydrogens is 442 g/mol. The van der Waals surface area contributed by atoms with E-state index in [2.05, 4.69) is 34.4 Å². The number of nitrogens with zero attached hydrogens (tertiary/aromatic N) is 3. The molecule has 0 amide bonds. The van der Waals surface area contributed by atoms with Gasteiger partial charge in [-0.2, -0.15) is 4.98 Å². The second-order valence-corrected chi connectivity index (χ2v) is 9.47. The van der Waals surface area contributed by atoms with Crippen molar-refractivity contribution >= 4 is 40.7 Å². The summed E-state index contributed by atoms with van der Waals surface area (Å²) >= 11 is 11.4. The van der Waals surface area contributed by atoms with Gasteiger partial charge in [-0.05, 0) is 73.8 Å². The molecule has 2 N–H and O–H groups in total. The van der Waals surface area contributed by atoms with Crippen molar-refractivity contribution in [2.45, 2.75) is 33.7 Å². The van der Waals surface area contributed by atoms with Crippen molar-refractivity contribution in [3.8, 4) is 11.3 Å². The molecule has 32 heavy (non-hydrogen) atoms. The Morgan fingerprint density at radius 1 is 1.12 bits per heavy atom. The third-order valence-corrected chi connectivity index (χ3v) is 5.97. The molecule has 1 aromatic carbocycles. The van der Waals surface area contributed by atoms with Crippen molar-refractivity contribution in [1.82, 2.24) is 15.3 Å². The first-order chi connectivity index (χ1) is 15.4. The van der Waals surface area contributed by atoms with Crippen LogP contribution in [0.15, 0.2) is 46.9 Å². The van der Waals surface area contributed by atoms with Crippen molar-refractivity contribution in [1.29, 1.82) is 0 Å². The minimum Gasteiger partial charge on any atom is -0.459 e. The fourth-order valence-electron chi connectivity index (χ4n) is 4.18. The number of aryl methyl sites for hydroxylation is 1. The summed E-state index contributed by atoms with van der Waals surface area (Å²) in [7, 11) is 0. The topological polar surface area (TPSA) is 66.2 Å². The molecule has 2 atom stereocenters. The zero-order chi connectivity index (χ0) is 22.7. The van der Waals surface area contributed by atoms with Crippen LogP contribution in [0.5, 0.6) is 0 Å². The van der Waals surface area contributed by atoms with E-state index in [-0.39, 0.29) is 0 Å². The lowest BCUT2D eigenvalue weighted by atomic mass is 9.92. The summed E-state index contributed by atoms with van der Waals surface area (Å²) in [5.41, 5.74) is 1.88. The number of furan rings is 1. The van der Waals surface area contributed by atoms with Gasteiger partial charge in [0.25, 0.3) is 0 Å². The molecule has 1 aliphatic heterocycles. The van der Waals surface area contributed by atoms with Gasteiger partial charge in [0, 0.05) is 35.4 Å². The molecule has 3 heterocycles. The molecule has 0 radical (unpaired) electrons. The van der Waals surface area contributed by atoms with E-state index < -0.39 is 0 Å². The number of halogens is 1. The summed E-state index contributed by atoms with van der Waals surface area (Å²) in [6.45, 7) is 9.04. The Hall–Kier alpha value is -2.64. The number of hydrogen-bond donors (Lipinski definition) is 2. The maximum absolute atomic E-state index is 5.96. The summed E-state index contributed by atoms with van der Waals surface area (Å²) in [6.07, 6.45) is 1.26. The number of piperidine rings is 1. The van der Waals surface area contributed by atoms with Crippen molar-refractivity contribution < 1.29 is 4.42 Å². The van der Waals surface area contributed by atoms with Crippen LogP contribution < -0.4 is 15.5 Å². The molecule has 1 saturated heterocycles. The molecule has 8 heteroatoms. The number of anilines is 2. The van der Waals surface area contributed by atoms with Gasteiger partial charge in [0.05, 0.1) is 6.54 Å². The van der Waals surface area contributed by atoms with Crippen molar-refractivity contribution in [2.24, 2.45) is 11.8 Å². The lowest BCUT2D eigenvalue weighted by molar-refractivity contribution is 0.355. The SMILES string of the molecule is Cc1cc(N2C[C@@H](C)C[C@H](C)C2)nc(NC(=S)NCc2ccc(-c3ccc(Cl)cc3)o2)n1. The van der Waals surface area contributed by atoms with Crippen LogP contribution in [0.4, 0.5) is 11.8 Å². The molecule has 6 nitrogen and oxygen atoms in total. The van der Waals surface area contributed by atoms with Gasteiger partial charge in [0.1, 0.15) is 17.3 Å². The monoisotopic (exact) mass is 469 g/mol. The maximum atomic E-state index is 5.96. The van der Waals surface area contributed by atoms with Crippen LogP contribution in [-0.2, 0) is 6.54 Å². The van der Waals surface area contributed by atoms with Gasteiger partial charge in [0.2, 0.25) is 5.95 Å². The molecule has 3 aromatic rings. The molecule has 1 aliphatic rings. The predicted molar refractivity (Wildman–Crippen MR) is 134 cm³/mol. The van der Waals surface area contributed by atoms with E-state index in [1.165, 1.54) is 6.42 Å². The first-order valence-electron chi connectivity index (χ1n) is 10.9. The van der Waals surface area contributed by atoms with E-state index in [1.807, 2.05) is 49.4 Å². The molecule has 0 saturated carbocycles. The standard InChI is InChI=1S/C24H28ClN5OS/c1-15-10-16(2)14-30(13-15)22-11-17(3)27-23(28-22)29-24(32)26-12-20-8-9-21(31-20)18-4-6-19(25)7-5-18/h4-9,11,15-16H,10,12-14H2,1-3H3,(H2,26,27,28,29,32)/t15-,16-/m0/s1. The van der Waals surface area contributed by atoms with Crippen LogP contribution in [0.1, 0.15) is 31.7 Å². The third kappa shape index (κ3) is 5.78. The number of thiocarbonyl (C=S) groups is 1. The summed E-state index contributed by atoms with van der Waals surface area (Å²) in [6, 6.07) is 13.5. The second kappa shape index (κ2) is 9.88. The third-order valence-electron chi connectivity index (χ3n) is 5.47. The highest BCUT2D eigenvalue weighted by Gasteiger charge is 2.23. The Morgan fingerprint density at radius 3 is 2.56 bits per heavy atom. The number of nitrogens with one attached hydrogen (secondary N) is 2. The van der Waals surface area contributed by atoms with Crippen LogP contribution in [0.3, 0.4) is 0 Å². The highest BCUT2D eigenvalue weighted by Crippen LogP contribution is 2.26. The normalized spacial score (nSPS) is 18.4. The van der Waals surface area contributed by atoms with Gasteiger partial charge in [0.15, 0.2) is 5.11 Å². The first kappa shape index (κ1) is 22.6. The summed E-state index contributed by atoms with van der Waals surface area (Å²) in [5.74, 6) is 4.32. The van der Waals surface area contributed by atoms with E-state index in [0.717, 1.165) is 41.7 Å². The summed E-state index contributed by atoms with van der Waals surface area (Å²) < 4.78 is 5.92. The molecule has 1 fully saturated rings. The van der Waals surface area contributed by atoms with Crippen LogP contribution in [0.25, 0.3) is 11.3 Å². The van der Waals surface area contributed by atoms with Gasteiger partial charge >= 0.3 is 0 Å². The van der Waals surface area contributed by atoms with Crippen LogP contribution in [0.2, 0.25) is 5.02 Å². The Balaban J connectivity index is 1.36. The van der Waals surface area contributed by atoms with Gasteiger partial charge in [-0.25, -0.2) is 4.98 Å². The van der Waals surface area contributed by atoms with Gasteiger partial charge in [-0.1, -0.05) is 25.4 Å². The van der Waals surface area contributed by atoms with Gasteiger partial charge in [-0.15, -0.1) is 0 Å². The van der Waals surface area contributed by atoms with Crippen LogP contribution >= 0.6 is 23.8 Å². The van der Waals surface area contributed by atoms with E-state index >= 15 is 0 Å². The molecule has 168 valence electrons. The van der Waals surface area contributed by atoms with Gasteiger partial charge < -0.3 is 20.0 Å². The highest BCUT2D eigenvalue weighted by atomic mass is 35.5. The fourth-order valence-corrected chi connectivity index (χ4v) is 4.46. The van der Waals surface area contributed by atoms with Crippen molar-refractivity contribution in [3.05, 3.63) is 58.9 Å². The zero-order valence-corrected chi connectivity index (χ0v) is 20.1. The summed E-state index contributed by atoms with van der Waals surface area (Å²) in [5, 5.41) is 7.43.